The molecule has 13 heavy (non-hydrogen) atoms. The molecule has 0 aromatic rings. The number of ketones is 1. The lowest BCUT2D eigenvalue weighted by atomic mass is 10.0. The molecule has 1 atom stereocenters. The lowest BCUT2D eigenvalue weighted by Gasteiger charge is -2.20. The maximum Gasteiger partial charge on any atom is 0.149 e. The smallest absolute Gasteiger partial charge is 0.149 e. The first-order valence-electron chi connectivity index (χ1n) is 5.40. The molecular weight excluding hydrogens is 162 g/mol. The van der Waals surface area contributed by atoms with Crippen molar-refractivity contribution in [3.8, 4) is 0 Å². The first-order chi connectivity index (χ1) is 6.15. The fourth-order valence-corrected chi connectivity index (χ4v) is 1.27. The van der Waals surface area contributed by atoms with Gasteiger partial charge in [0, 0.05) is 5.92 Å². The second-order valence-corrected chi connectivity index (χ2v) is 3.64. The summed E-state index contributed by atoms with van der Waals surface area (Å²) >= 11 is 0. The predicted octanol–water partition coefficient (Wildman–Crippen LogP) is 2.33. The number of hydrogen-bond acceptors (Lipinski definition) is 2. The second-order valence-electron chi connectivity index (χ2n) is 3.64. The van der Waals surface area contributed by atoms with Gasteiger partial charge in [-0.15, -0.1) is 0 Å². The van der Waals surface area contributed by atoms with Gasteiger partial charge in [0.25, 0.3) is 0 Å². The van der Waals surface area contributed by atoms with Gasteiger partial charge < -0.3 is 0 Å². The molecule has 0 aliphatic rings. The fourth-order valence-electron chi connectivity index (χ4n) is 1.27. The average molecular weight is 185 g/mol. The Morgan fingerprint density at radius 2 is 1.92 bits per heavy atom. The van der Waals surface area contributed by atoms with E-state index in [0.29, 0.717) is 12.3 Å². The van der Waals surface area contributed by atoms with Gasteiger partial charge in [0.05, 0.1) is 6.54 Å². The number of Topliss-reactive ketones (excluding diaryl/α,β-unsaturated/α-hetero) is 1. The van der Waals surface area contributed by atoms with E-state index in [9.17, 15) is 4.79 Å². The Morgan fingerprint density at radius 3 is 2.31 bits per heavy atom. The molecule has 2 heteroatoms. The molecule has 0 aromatic heterocycles. The molecule has 0 bridgehead atoms. The van der Waals surface area contributed by atoms with Crippen molar-refractivity contribution in [2.75, 3.05) is 19.6 Å². The van der Waals surface area contributed by atoms with Crippen molar-refractivity contribution >= 4 is 5.78 Å². The van der Waals surface area contributed by atoms with Crippen LogP contribution in [0.5, 0.6) is 0 Å². The van der Waals surface area contributed by atoms with E-state index in [1.165, 1.54) is 0 Å². The summed E-state index contributed by atoms with van der Waals surface area (Å²) < 4.78 is 0. The zero-order valence-corrected chi connectivity index (χ0v) is 9.47. The van der Waals surface area contributed by atoms with Gasteiger partial charge in [0.2, 0.25) is 0 Å². The topological polar surface area (TPSA) is 20.3 Å². The van der Waals surface area contributed by atoms with Crippen molar-refractivity contribution in [3.63, 3.8) is 0 Å². The Labute approximate surface area is 82.3 Å². The van der Waals surface area contributed by atoms with Crippen LogP contribution in [-0.4, -0.2) is 30.3 Å². The van der Waals surface area contributed by atoms with Crippen LogP contribution in [0.1, 0.15) is 40.5 Å². The Hall–Kier alpha value is -0.370. The maximum atomic E-state index is 11.6. The van der Waals surface area contributed by atoms with Gasteiger partial charge >= 0.3 is 0 Å². The molecule has 0 fully saturated rings. The van der Waals surface area contributed by atoms with Gasteiger partial charge in [0.1, 0.15) is 5.78 Å². The quantitative estimate of drug-likeness (QED) is 0.606. The predicted molar refractivity (Wildman–Crippen MR) is 56.9 cm³/mol. The van der Waals surface area contributed by atoms with Crippen molar-refractivity contribution in [2.24, 2.45) is 5.92 Å². The fraction of sp³-hybridized carbons (Fsp3) is 0.909. The van der Waals surface area contributed by atoms with Crippen LogP contribution in [0.15, 0.2) is 0 Å². The van der Waals surface area contributed by atoms with E-state index in [0.717, 1.165) is 25.9 Å². The lowest BCUT2D eigenvalue weighted by molar-refractivity contribution is -0.123. The lowest BCUT2D eigenvalue weighted by Crippen LogP contribution is -2.32. The largest absolute Gasteiger partial charge is 0.298 e. The summed E-state index contributed by atoms with van der Waals surface area (Å²) in [6.45, 7) is 11.0. The molecule has 0 amide bonds. The van der Waals surface area contributed by atoms with Crippen molar-refractivity contribution in [3.05, 3.63) is 0 Å². The van der Waals surface area contributed by atoms with Crippen molar-refractivity contribution in [1.29, 1.82) is 0 Å². The summed E-state index contributed by atoms with van der Waals surface area (Å²) in [6, 6.07) is 0. The zero-order valence-electron chi connectivity index (χ0n) is 9.47. The normalized spacial score (nSPS) is 13.3. The molecule has 0 saturated carbocycles. The second kappa shape index (κ2) is 7.07. The Balaban J connectivity index is 3.85. The van der Waals surface area contributed by atoms with Gasteiger partial charge in [-0.05, 0) is 25.9 Å². The third-order valence-electron chi connectivity index (χ3n) is 2.53. The number of nitrogens with zero attached hydrogens (tertiary/aromatic N) is 1. The van der Waals surface area contributed by atoms with Crippen LogP contribution in [0.2, 0.25) is 0 Å². The minimum absolute atomic E-state index is 0.228. The number of carbonyl (C=O) groups excluding carboxylic acids is 1. The van der Waals surface area contributed by atoms with Gasteiger partial charge in [-0.1, -0.05) is 27.7 Å². The standard InChI is InChI=1S/C11H23NO/c1-5-8-12(7-3)9-11(13)10(4)6-2/h10H,5-9H2,1-4H3. The number of hydrogen-bond donors (Lipinski definition) is 0. The van der Waals surface area contributed by atoms with Crippen LogP contribution in [0.25, 0.3) is 0 Å². The molecule has 0 rings (SSSR count). The minimum atomic E-state index is 0.228. The third kappa shape index (κ3) is 5.04. The number of likely N-dealkylation sites (N-methyl/N-ethyl adjacent to an activating group) is 1. The summed E-state index contributed by atoms with van der Waals surface area (Å²) in [5.74, 6) is 0.615. The molecule has 0 aliphatic heterocycles. The number of carbonyl (C=O) groups is 1. The van der Waals surface area contributed by atoms with E-state index < -0.39 is 0 Å². The van der Waals surface area contributed by atoms with Crippen LogP contribution >= 0.6 is 0 Å². The third-order valence-corrected chi connectivity index (χ3v) is 2.53. The molecule has 0 saturated heterocycles. The van der Waals surface area contributed by atoms with Crippen LogP contribution in [0.4, 0.5) is 0 Å². The van der Waals surface area contributed by atoms with Gasteiger partial charge in [-0.25, -0.2) is 0 Å². The van der Waals surface area contributed by atoms with E-state index in [-0.39, 0.29) is 5.92 Å². The van der Waals surface area contributed by atoms with Crippen LogP contribution in [-0.2, 0) is 4.79 Å². The molecule has 0 spiro atoms. The molecule has 0 heterocycles. The average Bonchev–Trinajstić information content (AvgIpc) is 2.15. The highest BCUT2D eigenvalue weighted by atomic mass is 16.1. The molecule has 78 valence electrons. The van der Waals surface area contributed by atoms with E-state index in [2.05, 4.69) is 25.7 Å². The zero-order chi connectivity index (χ0) is 10.3. The van der Waals surface area contributed by atoms with E-state index >= 15 is 0 Å². The van der Waals surface area contributed by atoms with Crippen molar-refractivity contribution < 1.29 is 4.79 Å². The van der Waals surface area contributed by atoms with Gasteiger partial charge in [0.15, 0.2) is 0 Å². The minimum Gasteiger partial charge on any atom is -0.298 e. The maximum absolute atomic E-state index is 11.6. The Morgan fingerprint density at radius 1 is 1.31 bits per heavy atom. The van der Waals surface area contributed by atoms with Crippen molar-refractivity contribution in [1.82, 2.24) is 4.90 Å². The first-order valence-corrected chi connectivity index (χ1v) is 5.40. The van der Waals surface area contributed by atoms with E-state index in [1.54, 1.807) is 0 Å². The summed E-state index contributed by atoms with van der Waals surface area (Å²) in [5, 5.41) is 0. The Bertz CT molecular complexity index is 145. The summed E-state index contributed by atoms with van der Waals surface area (Å²) in [4.78, 5) is 13.8. The molecule has 0 N–H and O–H groups in total. The first kappa shape index (κ1) is 12.6. The van der Waals surface area contributed by atoms with Crippen LogP contribution in [0, 0.1) is 5.92 Å². The summed E-state index contributed by atoms with van der Waals surface area (Å²) in [5.41, 5.74) is 0. The Kier molecular flexibility index (Phi) is 6.87. The van der Waals surface area contributed by atoms with E-state index in [1.807, 2.05) is 6.92 Å². The molecule has 0 aromatic carbocycles. The molecule has 0 aliphatic carbocycles. The van der Waals surface area contributed by atoms with Gasteiger partial charge in [-0.2, -0.15) is 0 Å². The van der Waals surface area contributed by atoms with Gasteiger partial charge in [-0.3, -0.25) is 9.69 Å². The highest BCUT2D eigenvalue weighted by Gasteiger charge is 2.13. The SMILES string of the molecule is CCCN(CC)CC(=O)C(C)CC. The number of rotatable bonds is 7. The molecule has 2 nitrogen and oxygen atoms in total. The van der Waals surface area contributed by atoms with Crippen LogP contribution in [0.3, 0.4) is 0 Å². The molecule has 0 radical (unpaired) electrons. The molecular formula is C11H23NO. The van der Waals surface area contributed by atoms with Crippen molar-refractivity contribution in [2.45, 2.75) is 40.5 Å². The highest BCUT2D eigenvalue weighted by molar-refractivity contribution is 5.82. The highest BCUT2D eigenvalue weighted by Crippen LogP contribution is 2.04. The monoisotopic (exact) mass is 185 g/mol. The van der Waals surface area contributed by atoms with Crippen LogP contribution < -0.4 is 0 Å². The summed E-state index contributed by atoms with van der Waals surface area (Å²) in [7, 11) is 0. The molecule has 1 unspecified atom stereocenters. The van der Waals surface area contributed by atoms with E-state index in [4.69, 9.17) is 0 Å². The summed E-state index contributed by atoms with van der Waals surface area (Å²) in [6.07, 6.45) is 2.09.